The summed E-state index contributed by atoms with van der Waals surface area (Å²) in [5.41, 5.74) is -0.304. The smallest absolute Gasteiger partial charge is 0.269 e. The quantitative estimate of drug-likeness (QED) is 0.340. The molecule has 0 aliphatic rings. The van der Waals surface area contributed by atoms with Crippen LogP contribution in [0.1, 0.15) is 5.56 Å². The van der Waals surface area contributed by atoms with E-state index >= 15 is 0 Å². The molecular weight excluding hydrogens is 447 g/mol. The van der Waals surface area contributed by atoms with E-state index < -0.39 is 17.3 Å². The number of nitrogens with one attached hydrogen (secondary N) is 1. The van der Waals surface area contributed by atoms with Gasteiger partial charge in [-0.2, -0.15) is 10.2 Å². The van der Waals surface area contributed by atoms with Gasteiger partial charge in [0.25, 0.3) is 11.5 Å². The average Bonchev–Trinajstić information content (AvgIpc) is 2.82. The summed E-state index contributed by atoms with van der Waals surface area (Å²) in [5.74, 6) is -1.10. The zero-order chi connectivity index (χ0) is 23.4. The van der Waals surface area contributed by atoms with E-state index in [1.54, 1.807) is 48.5 Å². The molecule has 0 unspecified atom stereocenters. The lowest BCUT2D eigenvalue weighted by Crippen LogP contribution is -2.20. The van der Waals surface area contributed by atoms with Crippen LogP contribution in [0.5, 0.6) is 11.6 Å². The van der Waals surface area contributed by atoms with Crippen molar-refractivity contribution in [2.45, 2.75) is 0 Å². The molecule has 0 aliphatic carbocycles. The predicted octanol–water partition coefficient (Wildman–Crippen LogP) is 4.82. The zero-order valence-corrected chi connectivity index (χ0v) is 17.6. The minimum atomic E-state index is -0.731. The maximum absolute atomic E-state index is 13.3. The third kappa shape index (κ3) is 4.89. The van der Waals surface area contributed by atoms with Crippen molar-refractivity contribution in [2.24, 2.45) is 0 Å². The molecule has 0 aliphatic heterocycles. The fourth-order valence-electron chi connectivity index (χ4n) is 2.92. The molecule has 0 radical (unpaired) electrons. The topological polar surface area (TPSA) is 96.5 Å². The van der Waals surface area contributed by atoms with Crippen LogP contribution in [-0.4, -0.2) is 15.3 Å². The molecule has 0 saturated carbocycles. The Balaban J connectivity index is 1.78. The van der Waals surface area contributed by atoms with E-state index in [1.165, 1.54) is 34.9 Å². The second-order valence-corrected chi connectivity index (χ2v) is 7.19. The fourth-order valence-corrected chi connectivity index (χ4v) is 3.05. The molecule has 0 fully saturated rings. The molecule has 33 heavy (non-hydrogen) atoms. The number of fused-ring (bicyclic) bond motifs is 1. The molecule has 2 heterocycles. The lowest BCUT2D eigenvalue weighted by Gasteiger charge is -2.10. The van der Waals surface area contributed by atoms with Gasteiger partial charge in [0.2, 0.25) is 5.88 Å². The van der Waals surface area contributed by atoms with Gasteiger partial charge in [0.05, 0.1) is 0 Å². The van der Waals surface area contributed by atoms with Crippen LogP contribution in [0.15, 0.2) is 83.3 Å². The molecule has 4 rings (SSSR count). The van der Waals surface area contributed by atoms with Crippen LogP contribution in [0.2, 0.25) is 5.02 Å². The van der Waals surface area contributed by atoms with E-state index in [1.807, 2.05) is 0 Å². The van der Waals surface area contributed by atoms with E-state index in [2.05, 4.69) is 10.3 Å². The van der Waals surface area contributed by atoms with Gasteiger partial charge in [0.1, 0.15) is 34.4 Å². The molecule has 1 N–H and O–H groups in total. The Labute approximate surface area is 192 Å². The number of carbonyl (C=O) groups is 1. The van der Waals surface area contributed by atoms with Crippen molar-refractivity contribution >= 4 is 34.9 Å². The highest BCUT2D eigenvalue weighted by Crippen LogP contribution is 2.24. The molecule has 2 aromatic carbocycles. The molecule has 4 aromatic rings. The van der Waals surface area contributed by atoms with Gasteiger partial charge in [-0.05, 0) is 66.7 Å². The largest absolute Gasteiger partial charge is 0.438 e. The van der Waals surface area contributed by atoms with E-state index in [9.17, 15) is 19.2 Å². The van der Waals surface area contributed by atoms with Crippen LogP contribution in [0.3, 0.4) is 0 Å². The summed E-state index contributed by atoms with van der Waals surface area (Å²) in [6.07, 6.45) is 2.61. The standard InChI is InChI=1S/C24H14ClFN4O3/c25-16-4-8-18(9-5-16)28-22(31)15(14-27)13-20-23(33-19-10-6-17(26)7-11-19)29-21-3-1-2-12-30(21)24(20)32/h1-13H,(H,28,31)/b15-13-. The van der Waals surface area contributed by atoms with Crippen molar-refractivity contribution in [3.8, 4) is 17.7 Å². The lowest BCUT2D eigenvalue weighted by atomic mass is 10.1. The van der Waals surface area contributed by atoms with Crippen molar-refractivity contribution in [3.63, 3.8) is 0 Å². The number of nitrogens with zero attached hydrogens (tertiary/aromatic N) is 3. The van der Waals surface area contributed by atoms with Gasteiger partial charge < -0.3 is 10.1 Å². The molecule has 0 saturated heterocycles. The van der Waals surface area contributed by atoms with Gasteiger partial charge in [-0.1, -0.05) is 17.7 Å². The summed E-state index contributed by atoms with van der Waals surface area (Å²) >= 11 is 5.85. The number of hydrogen-bond acceptors (Lipinski definition) is 5. The number of anilines is 1. The minimum absolute atomic E-state index is 0.120. The number of halogens is 2. The first-order chi connectivity index (χ1) is 15.9. The summed E-state index contributed by atoms with van der Waals surface area (Å²) in [6.45, 7) is 0. The third-order valence-electron chi connectivity index (χ3n) is 4.52. The molecular formula is C24H14ClFN4O3. The second kappa shape index (κ2) is 9.34. The number of benzene rings is 2. The monoisotopic (exact) mass is 460 g/mol. The third-order valence-corrected chi connectivity index (χ3v) is 4.77. The van der Waals surface area contributed by atoms with Crippen LogP contribution < -0.4 is 15.6 Å². The van der Waals surface area contributed by atoms with Gasteiger partial charge in [-0.25, -0.2) is 4.39 Å². The molecule has 7 nitrogen and oxygen atoms in total. The van der Waals surface area contributed by atoms with Crippen molar-refractivity contribution < 1.29 is 13.9 Å². The lowest BCUT2D eigenvalue weighted by molar-refractivity contribution is -0.112. The van der Waals surface area contributed by atoms with Gasteiger partial charge in [0, 0.05) is 16.9 Å². The van der Waals surface area contributed by atoms with E-state index in [0.29, 0.717) is 16.4 Å². The Morgan fingerprint density at radius 2 is 1.85 bits per heavy atom. The number of nitriles is 1. The Bertz CT molecular complexity index is 1470. The average molecular weight is 461 g/mol. The Hall–Kier alpha value is -4.48. The highest BCUT2D eigenvalue weighted by atomic mass is 35.5. The number of ether oxygens (including phenoxy) is 1. The summed E-state index contributed by atoms with van der Waals surface area (Å²) in [7, 11) is 0. The molecule has 0 atom stereocenters. The van der Waals surface area contributed by atoms with Crippen LogP contribution in [0, 0.1) is 17.1 Å². The fraction of sp³-hybridized carbons (Fsp3) is 0. The van der Waals surface area contributed by atoms with Crippen molar-refractivity contribution in [3.05, 3.63) is 105 Å². The van der Waals surface area contributed by atoms with Crippen LogP contribution >= 0.6 is 11.6 Å². The number of carbonyl (C=O) groups excluding carboxylic acids is 1. The number of amides is 1. The maximum atomic E-state index is 13.3. The number of pyridine rings is 1. The number of rotatable bonds is 5. The van der Waals surface area contributed by atoms with Crippen molar-refractivity contribution in [2.75, 3.05) is 5.32 Å². The molecule has 0 bridgehead atoms. The second-order valence-electron chi connectivity index (χ2n) is 6.75. The number of aromatic nitrogens is 2. The summed E-state index contributed by atoms with van der Waals surface area (Å²) < 4.78 is 20.2. The normalized spacial score (nSPS) is 11.1. The van der Waals surface area contributed by atoms with Crippen LogP contribution in [0.4, 0.5) is 10.1 Å². The first-order valence-corrected chi connectivity index (χ1v) is 9.96. The van der Waals surface area contributed by atoms with Gasteiger partial charge in [-0.3, -0.25) is 14.0 Å². The Morgan fingerprint density at radius 1 is 1.12 bits per heavy atom. The van der Waals surface area contributed by atoms with Gasteiger partial charge >= 0.3 is 0 Å². The molecule has 2 aromatic heterocycles. The predicted molar refractivity (Wildman–Crippen MR) is 122 cm³/mol. The molecule has 162 valence electrons. The SMILES string of the molecule is N#C/C(=C/c1c(Oc2ccc(F)cc2)nc2ccccn2c1=O)C(=O)Nc1ccc(Cl)cc1. The van der Waals surface area contributed by atoms with Gasteiger partial charge in [0.15, 0.2) is 0 Å². The van der Waals surface area contributed by atoms with E-state index in [0.717, 1.165) is 6.08 Å². The van der Waals surface area contributed by atoms with Crippen molar-refractivity contribution in [1.29, 1.82) is 5.26 Å². The first-order valence-electron chi connectivity index (χ1n) is 9.58. The summed E-state index contributed by atoms with van der Waals surface area (Å²) in [4.78, 5) is 30.2. The molecule has 0 spiro atoms. The number of hydrogen-bond donors (Lipinski definition) is 1. The molecule has 1 amide bonds. The summed E-state index contributed by atoms with van der Waals surface area (Å²) in [6, 6.07) is 18.2. The van der Waals surface area contributed by atoms with Crippen LogP contribution in [0.25, 0.3) is 11.7 Å². The van der Waals surface area contributed by atoms with Crippen LogP contribution in [-0.2, 0) is 4.79 Å². The van der Waals surface area contributed by atoms with E-state index in [-0.39, 0.29) is 22.8 Å². The zero-order valence-electron chi connectivity index (χ0n) is 16.8. The minimum Gasteiger partial charge on any atom is -0.438 e. The van der Waals surface area contributed by atoms with E-state index in [4.69, 9.17) is 16.3 Å². The highest BCUT2D eigenvalue weighted by molar-refractivity contribution is 6.30. The van der Waals surface area contributed by atoms with Crippen molar-refractivity contribution in [1.82, 2.24) is 9.38 Å². The Kier molecular flexibility index (Phi) is 6.15. The highest BCUT2D eigenvalue weighted by Gasteiger charge is 2.17. The Morgan fingerprint density at radius 3 is 2.55 bits per heavy atom. The first kappa shape index (κ1) is 21.7. The maximum Gasteiger partial charge on any atom is 0.269 e. The van der Waals surface area contributed by atoms with Gasteiger partial charge in [-0.15, -0.1) is 0 Å². The summed E-state index contributed by atoms with van der Waals surface area (Å²) in [5, 5.41) is 12.6. The molecule has 9 heteroatoms.